The van der Waals surface area contributed by atoms with Crippen molar-refractivity contribution in [3.8, 4) is 0 Å². The zero-order valence-electron chi connectivity index (χ0n) is 15.4. The molecule has 1 amide bonds. The van der Waals surface area contributed by atoms with Crippen LogP contribution in [0.15, 0.2) is 0 Å². The van der Waals surface area contributed by atoms with Crippen LogP contribution in [0.5, 0.6) is 0 Å². The third-order valence-electron chi connectivity index (χ3n) is 5.11. The number of H-pyrrole nitrogens is 1. The fourth-order valence-corrected chi connectivity index (χ4v) is 3.48. The highest BCUT2D eigenvalue weighted by molar-refractivity contribution is 5.90. The van der Waals surface area contributed by atoms with Gasteiger partial charge in [-0.05, 0) is 57.6 Å². The van der Waals surface area contributed by atoms with Crippen molar-refractivity contribution in [2.45, 2.75) is 59.1 Å². The van der Waals surface area contributed by atoms with Crippen molar-refractivity contribution in [1.82, 2.24) is 9.88 Å². The molecule has 6 nitrogen and oxygen atoms in total. The van der Waals surface area contributed by atoms with Crippen LogP contribution in [0.25, 0.3) is 0 Å². The summed E-state index contributed by atoms with van der Waals surface area (Å²) in [6.07, 6.45) is 4.17. The van der Waals surface area contributed by atoms with Gasteiger partial charge in [-0.3, -0.25) is 4.79 Å². The fourth-order valence-electron chi connectivity index (χ4n) is 3.48. The van der Waals surface area contributed by atoms with E-state index in [0.29, 0.717) is 25.4 Å². The lowest BCUT2D eigenvalue weighted by Gasteiger charge is -2.26. The Kier molecular flexibility index (Phi) is 5.47. The number of carbonyl (C=O) groups is 2. The minimum atomic E-state index is -0.339. The van der Waals surface area contributed by atoms with Crippen LogP contribution in [0.1, 0.15) is 59.9 Å². The van der Waals surface area contributed by atoms with Crippen LogP contribution in [0.2, 0.25) is 0 Å². The number of ether oxygens (including phenoxy) is 2. The number of aromatic nitrogens is 1. The van der Waals surface area contributed by atoms with Crippen molar-refractivity contribution in [3.63, 3.8) is 0 Å². The smallest absolute Gasteiger partial charge is 0.355 e. The molecule has 1 unspecified atom stereocenters. The van der Waals surface area contributed by atoms with E-state index in [2.05, 4.69) is 4.98 Å². The first-order valence-electron chi connectivity index (χ1n) is 9.26. The summed E-state index contributed by atoms with van der Waals surface area (Å²) in [6, 6.07) is 0. The van der Waals surface area contributed by atoms with E-state index in [1.54, 1.807) is 6.92 Å². The van der Waals surface area contributed by atoms with E-state index in [1.165, 1.54) is 0 Å². The molecule has 1 atom stereocenters. The van der Waals surface area contributed by atoms with Crippen LogP contribution in [-0.2, 0) is 20.8 Å². The lowest BCUT2D eigenvalue weighted by molar-refractivity contribution is -0.134. The van der Waals surface area contributed by atoms with E-state index >= 15 is 0 Å². The van der Waals surface area contributed by atoms with Crippen molar-refractivity contribution in [2.75, 3.05) is 19.8 Å². The highest BCUT2D eigenvalue weighted by atomic mass is 16.5. The third kappa shape index (κ3) is 4.06. The highest BCUT2D eigenvalue weighted by Gasteiger charge is 2.35. The minimum absolute atomic E-state index is 0.131. The molecule has 0 bridgehead atoms. The van der Waals surface area contributed by atoms with Gasteiger partial charge >= 0.3 is 5.97 Å². The Bertz CT molecular complexity index is 642. The van der Waals surface area contributed by atoms with E-state index in [0.717, 1.165) is 49.1 Å². The maximum Gasteiger partial charge on any atom is 0.355 e. The van der Waals surface area contributed by atoms with Gasteiger partial charge in [-0.2, -0.15) is 0 Å². The predicted octanol–water partition coefficient (Wildman–Crippen LogP) is 2.73. The van der Waals surface area contributed by atoms with Crippen molar-refractivity contribution >= 4 is 11.9 Å². The second-order valence-corrected chi connectivity index (χ2v) is 7.08. The molecule has 25 heavy (non-hydrogen) atoms. The van der Waals surface area contributed by atoms with Gasteiger partial charge in [0.25, 0.3) is 0 Å². The summed E-state index contributed by atoms with van der Waals surface area (Å²) in [4.78, 5) is 29.9. The zero-order chi connectivity index (χ0) is 18.0. The molecule has 1 N–H and O–H groups in total. The minimum Gasteiger partial charge on any atom is -0.461 e. The second-order valence-electron chi connectivity index (χ2n) is 7.08. The second kappa shape index (κ2) is 7.60. The first-order valence-corrected chi connectivity index (χ1v) is 9.26. The van der Waals surface area contributed by atoms with Crippen LogP contribution in [0, 0.1) is 19.8 Å². The van der Waals surface area contributed by atoms with Gasteiger partial charge in [0.15, 0.2) is 0 Å². The van der Waals surface area contributed by atoms with Gasteiger partial charge in [0, 0.05) is 31.3 Å². The van der Waals surface area contributed by atoms with E-state index in [1.807, 2.05) is 18.7 Å². The molecule has 0 radical (unpaired) electrons. The Morgan fingerprint density at radius 1 is 1.28 bits per heavy atom. The van der Waals surface area contributed by atoms with Gasteiger partial charge in [0.2, 0.25) is 5.91 Å². The lowest BCUT2D eigenvalue weighted by Crippen LogP contribution is -2.38. The van der Waals surface area contributed by atoms with Gasteiger partial charge in [-0.15, -0.1) is 0 Å². The molecule has 6 heteroatoms. The molecule has 0 aromatic carbocycles. The maximum absolute atomic E-state index is 12.7. The number of rotatable bonds is 7. The third-order valence-corrected chi connectivity index (χ3v) is 5.11. The monoisotopic (exact) mass is 348 g/mol. The summed E-state index contributed by atoms with van der Waals surface area (Å²) in [6.45, 7) is 7.93. The zero-order valence-corrected chi connectivity index (χ0v) is 15.4. The Labute approximate surface area is 148 Å². The molecule has 2 aliphatic rings. The summed E-state index contributed by atoms with van der Waals surface area (Å²) in [5.74, 6) is 0.0483. The molecule has 1 saturated carbocycles. The Morgan fingerprint density at radius 3 is 2.64 bits per heavy atom. The SMILES string of the molecule is CCOC(=O)c1[nH]c(C)c(CN(CC2CCCO2)C(=O)C2CC2)c1C. The number of nitrogens with zero attached hydrogens (tertiary/aromatic N) is 1. The Hall–Kier alpha value is -1.82. The number of nitrogens with one attached hydrogen (secondary N) is 1. The number of aryl methyl sites for hydroxylation is 1. The molecule has 2 fully saturated rings. The molecular weight excluding hydrogens is 320 g/mol. The Morgan fingerprint density at radius 2 is 2.04 bits per heavy atom. The van der Waals surface area contributed by atoms with Gasteiger partial charge in [-0.25, -0.2) is 4.79 Å². The molecule has 0 spiro atoms. The van der Waals surface area contributed by atoms with E-state index < -0.39 is 0 Å². The number of hydrogen-bond donors (Lipinski definition) is 1. The number of aromatic amines is 1. The van der Waals surface area contributed by atoms with Gasteiger partial charge < -0.3 is 19.4 Å². The molecule has 3 rings (SSSR count). The quantitative estimate of drug-likeness (QED) is 0.769. The van der Waals surface area contributed by atoms with Crippen molar-refractivity contribution < 1.29 is 19.1 Å². The molecule has 1 saturated heterocycles. The fraction of sp³-hybridized carbons (Fsp3) is 0.684. The summed E-state index contributed by atoms with van der Waals surface area (Å²) in [5, 5.41) is 0. The average molecular weight is 348 g/mol. The molecule has 2 heterocycles. The van der Waals surface area contributed by atoms with Crippen LogP contribution in [0.4, 0.5) is 0 Å². The van der Waals surface area contributed by atoms with Crippen molar-refractivity contribution in [1.29, 1.82) is 0 Å². The summed E-state index contributed by atoms with van der Waals surface area (Å²) in [7, 11) is 0. The first kappa shape index (κ1) is 18.0. The standard InChI is InChI=1S/C19H28N2O4/c1-4-24-19(23)17-12(2)16(13(3)20-17)11-21(18(22)14-7-8-14)10-15-6-5-9-25-15/h14-15,20H,4-11H2,1-3H3. The largest absolute Gasteiger partial charge is 0.461 e. The first-order chi connectivity index (χ1) is 12.0. The number of hydrogen-bond acceptors (Lipinski definition) is 4. The summed E-state index contributed by atoms with van der Waals surface area (Å²) < 4.78 is 10.8. The summed E-state index contributed by atoms with van der Waals surface area (Å²) >= 11 is 0. The van der Waals surface area contributed by atoms with Crippen molar-refractivity contribution in [3.05, 3.63) is 22.5 Å². The Balaban J connectivity index is 1.78. The highest BCUT2D eigenvalue weighted by Crippen LogP contribution is 2.33. The number of esters is 1. The normalized spacial score (nSPS) is 19.9. The molecule has 1 aromatic rings. The molecular formula is C19H28N2O4. The van der Waals surface area contributed by atoms with Crippen LogP contribution < -0.4 is 0 Å². The topological polar surface area (TPSA) is 71.6 Å². The van der Waals surface area contributed by atoms with Crippen LogP contribution >= 0.6 is 0 Å². The number of carbonyl (C=O) groups excluding carboxylic acids is 2. The molecule has 1 aromatic heterocycles. The van der Waals surface area contributed by atoms with E-state index in [4.69, 9.17) is 9.47 Å². The van der Waals surface area contributed by atoms with Gasteiger partial charge in [0.05, 0.1) is 12.7 Å². The molecule has 1 aliphatic heterocycles. The van der Waals surface area contributed by atoms with Crippen LogP contribution in [-0.4, -0.2) is 47.6 Å². The van der Waals surface area contributed by atoms with Gasteiger partial charge in [-0.1, -0.05) is 0 Å². The maximum atomic E-state index is 12.7. The average Bonchev–Trinajstić information content (AvgIpc) is 3.24. The van der Waals surface area contributed by atoms with E-state index in [-0.39, 0.29) is 23.9 Å². The van der Waals surface area contributed by atoms with Gasteiger partial charge in [0.1, 0.15) is 5.69 Å². The van der Waals surface area contributed by atoms with Crippen molar-refractivity contribution in [2.24, 2.45) is 5.92 Å². The number of amides is 1. The molecule has 138 valence electrons. The van der Waals surface area contributed by atoms with Crippen LogP contribution in [0.3, 0.4) is 0 Å². The molecule has 1 aliphatic carbocycles. The lowest BCUT2D eigenvalue weighted by atomic mass is 10.1. The summed E-state index contributed by atoms with van der Waals surface area (Å²) in [5.41, 5.74) is 3.29. The van der Waals surface area contributed by atoms with E-state index in [9.17, 15) is 9.59 Å². The predicted molar refractivity (Wildman–Crippen MR) is 93.3 cm³/mol.